The molecule has 0 unspecified atom stereocenters. The summed E-state index contributed by atoms with van der Waals surface area (Å²) in [6.07, 6.45) is 3.00. The molecular formula is C20H22N4O4. The number of hydrogen-bond donors (Lipinski definition) is 1. The maximum absolute atomic E-state index is 11.4. The second kappa shape index (κ2) is 7.75. The Balaban J connectivity index is 1.99. The number of rotatable bonds is 5. The standard InChI is InChI=1S/C20H22N4O4/c1-14-7-6-12-20(2,15-8-4-3-5-9-15)19(14)22-21-17-11-10-16(23(25)26)13-18(17)24(27)28/h3-5,8-11,13-14,21H,6-7,12H2,1-2H3/b22-19+/t14-,20-/m0/s1. The molecule has 0 spiro atoms. The van der Waals surface area contributed by atoms with Gasteiger partial charge in [-0.2, -0.15) is 5.10 Å². The van der Waals surface area contributed by atoms with Crippen LogP contribution in [-0.2, 0) is 5.41 Å². The molecule has 0 aliphatic heterocycles. The summed E-state index contributed by atoms with van der Waals surface area (Å²) >= 11 is 0. The molecule has 28 heavy (non-hydrogen) atoms. The molecule has 0 saturated heterocycles. The lowest BCUT2D eigenvalue weighted by Crippen LogP contribution is -2.41. The number of benzene rings is 2. The van der Waals surface area contributed by atoms with Gasteiger partial charge in [-0.3, -0.25) is 25.7 Å². The first-order chi connectivity index (χ1) is 13.3. The van der Waals surface area contributed by atoms with Crippen LogP contribution < -0.4 is 5.43 Å². The first kappa shape index (κ1) is 19.5. The van der Waals surface area contributed by atoms with Gasteiger partial charge in [0.1, 0.15) is 5.69 Å². The lowest BCUT2D eigenvalue weighted by Gasteiger charge is -2.39. The van der Waals surface area contributed by atoms with Gasteiger partial charge in [0.2, 0.25) is 0 Å². The van der Waals surface area contributed by atoms with Crippen molar-refractivity contribution in [2.45, 2.75) is 38.5 Å². The monoisotopic (exact) mass is 382 g/mol. The Labute approximate surface area is 162 Å². The van der Waals surface area contributed by atoms with Crippen LogP contribution in [0.5, 0.6) is 0 Å². The van der Waals surface area contributed by atoms with Gasteiger partial charge in [-0.15, -0.1) is 0 Å². The van der Waals surface area contributed by atoms with Crippen molar-refractivity contribution in [1.29, 1.82) is 0 Å². The van der Waals surface area contributed by atoms with E-state index in [-0.39, 0.29) is 28.4 Å². The molecule has 8 heteroatoms. The Hall–Kier alpha value is -3.29. The number of nitrogens with one attached hydrogen (secondary N) is 1. The molecule has 1 N–H and O–H groups in total. The van der Waals surface area contributed by atoms with E-state index in [1.165, 1.54) is 12.1 Å². The average molecular weight is 382 g/mol. The summed E-state index contributed by atoms with van der Waals surface area (Å²) in [7, 11) is 0. The van der Waals surface area contributed by atoms with E-state index in [0.29, 0.717) is 0 Å². The van der Waals surface area contributed by atoms with E-state index in [4.69, 9.17) is 0 Å². The van der Waals surface area contributed by atoms with Gasteiger partial charge in [0.25, 0.3) is 5.69 Å². The number of nitro benzene ring substituents is 2. The highest BCUT2D eigenvalue weighted by molar-refractivity contribution is 5.97. The predicted octanol–water partition coefficient (Wildman–Crippen LogP) is 5.05. The van der Waals surface area contributed by atoms with E-state index >= 15 is 0 Å². The van der Waals surface area contributed by atoms with Crippen LogP contribution in [0.25, 0.3) is 0 Å². The molecule has 2 aromatic rings. The van der Waals surface area contributed by atoms with Crippen molar-refractivity contribution in [3.8, 4) is 0 Å². The van der Waals surface area contributed by atoms with Crippen molar-refractivity contribution in [1.82, 2.24) is 0 Å². The molecule has 2 aromatic carbocycles. The molecule has 1 aliphatic carbocycles. The van der Waals surface area contributed by atoms with Gasteiger partial charge in [-0.25, -0.2) is 0 Å². The van der Waals surface area contributed by atoms with E-state index in [1.54, 1.807) is 0 Å². The summed E-state index contributed by atoms with van der Waals surface area (Å²) in [6.45, 7) is 4.24. The molecule has 0 bridgehead atoms. The van der Waals surface area contributed by atoms with Crippen LogP contribution in [0.15, 0.2) is 53.6 Å². The predicted molar refractivity (Wildman–Crippen MR) is 108 cm³/mol. The summed E-state index contributed by atoms with van der Waals surface area (Å²) < 4.78 is 0. The van der Waals surface area contributed by atoms with Crippen LogP contribution in [0.4, 0.5) is 17.1 Å². The van der Waals surface area contributed by atoms with Gasteiger partial charge < -0.3 is 0 Å². The SMILES string of the molecule is C[C@H]1CCC[C@@](C)(c2ccccc2)/C1=N/Nc1ccc([N+](=O)[O-])cc1[N+](=O)[O-]. The Kier molecular flexibility index (Phi) is 5.39. The third kappa shape index (κ3) is 3.71. The van der Waals surface area contributed by atoms with Crippen LogP contribution >= 0.6 is 0 Å². The minimum absolute atomic E-state index is 0.135. The van der Waals surface area contributed by atoms with Gasteiger partial charge in [0, 0.05) is 11.5 Å². The molecule has 0 heterocycles. The highest BCUT2D eigenvalue weighted by atomic mass is 16.6. The highest BCUT2D eigenvalue weighted by Crippen LogP contribution is 2.40. The smallest absolute Gasteiger partial charge is 0.272 e. The second-order valence-electron chi connectivity index (χ2n) is 7.32. The zero-order valence-electron chi connectivity index (χ0n) is 15.8. The molecule has 1 aliphatic rings. The summed E-state index contributed by atoms with van der Waals surface area (Å²) in [5.41, 5.74) is 4.05. The summed E-state index contributed by atoms with van der Waals surface area (Å²) in [5.74, 6) is 0.212. The Morgan fingerprint density at radius 1 is 1.11 bits per heavy atom. The third-order valence-corrected chi connectivity index (χ3v) is 5.44. The molecule has 2 atom stereocenters. The van der Waals surface area contributed by atoms with Crippen molar-refractivity contribution in [3.05, 3.63) is 74.3 Å². The van der Waals surface area contributed by atoms with Gasteiger partial charge >= 0.3 is 5.69 Å². The van der Waals surface area contributed by atoms with E-state index in [0.717, 1.165) is 36.6 Å². The molecule has 3 rings (SSSR count). The van der Waals surface area contributed by atoms with Crippen LogP contribution in [0.1, 0.15) is 38.7 Å². The van der Waals surface area contributed by atoms with Crippen molar-refractivity contribution in [3.63, 3.8) is 0 Å². The van der Waals surface area contributed by atoms with Crippen molar-refractivity contribution in [2.24, 2.45) is 11.0 Å². The number of non-ortho nitro benzene ring substituents is 1. The average Bonchev–Trinajstić information content (AvgIpc) is 2.68. The largest absolute Gasteiger partial charge is 0.301 e. The molecule has 0 radical (unpaired) electrons. The summed E-state index contributed by atoms with van der Waals surface area (Å²) in [6, 6.07) is 13.6. The zero-order chi connectivity index (χ0) is 20.3. The number of hydrazone groups is 1. The van der Waals surface area contributed by atoms with Gasteiger partial charge in [-0.1, -0.05) is 50.6 Å². The van der Waals surface area contributed by atoms with Gasteiger partial charge in [0.05, 0.1) is 21.6 Å². The van der Waals surface area contributed by atoms with Crippen LogP contribution in [-0.4, -0.2) is 15.6 Å². The first-order valence-corrected chi connectivity index (χ1v) is 9.15. The Morgan fingerprint density at radius 3 is 2.46 bits per heavy atom. The molecule has 0 amide bonds. The summed E-state index contributed by atoms with van der Waals surface area (Å²) in [4.78, 5) is 21.0. The van der Waals surface area contributed by atoms with Crippen molar-refractivity contribution >= 4 is 22.8 Å². The molecule has 1 saturated carbocycles. The molecule has 1 fully saturated rings. The molecule has 8 nitrogen and oxygen atoms in total. The van der Waals surface area contributed by atoms with E-state index < -0.39 is 9.85 Å². The number of anilines is 1. The van der Waals surface area contributed by atoms with Gasteiger partial charge in [0.15, 0.2) is 0 Å². The Bertz CT molecular complexity index is 929. The van der Waals surface area contributed by atoms with E-state index in [2.05, 4.69) is 36.5 Å². The maximum Gasteiger partial charge on any atom is 0.301 e. The maximum atomic E-state index is 11.4. The lowest BCUT2D eigenvalue weighted by atomic mass is 9.66. The number of nitro groups is 2. The Morgan fingerprint density at radius 2 is 1.82 bits per heavy atom. The van der Waals surface area contributed by atoms with Crippen LogP contribution in [0.3, 0.4) is 0 Å². The summed E-state index contributed by atoms with van der Waals surface area (Å²) in [5, 5.41) is 26.8. The van der Waals surface area contributed by atoms with Crippen LogP contribution in [0.2, 0.25) is 0 Å². The fraction of sp³-hybridized carbons (Fsp3) is 0.350. The van der Waals surface area contributed by atoms with Crippen molar-refractivity contribution < 1.29 is 9.85 Å². The fourth-order valence-corrected chi connectivity index (χ4v) is 3.90. The highest BCUT2D eigenvalue weighted by Gasteiger charge is 2.38. The number of nitrogens with zero attached hydrogens (tertiary/aromatic N) is 3. The minimum Gasteiger partial charge on any atom is -0.272 e. The van der Waals surface area contributed by atoms with Crippen molar-refractivity contribution in [2.75, 3.05) is 5.43 Å². The third-order valence-electron chi connectivity index (χ3n) is 5.44. The minimum atomic E-state index is -0.654. The van der Waals surface area contributed by atoms with E-state index in [9.17, 15) is 20.2 Å². The fourth-order valence-electron chi connectivity index (χ4n) is 3.90. The number of hydrogen-bond acceptors (Lipinski definition) is 6. The quantitative estimate of drug-likeness (QED) is 0.574. The topological polar surface area (TPSA) is 111 Å². The lowest BCUT2D eigenvalue weighted by molar-refractivity contribution is -0.393. The van der Waals surface area contributed by atoms with E-state index in [1.807, 2.05) is 18.2 Å². The molecule has 146 valence electrons. The normalized spacial score (nSPS) is 23.4. The molecule has 0 aromatic heterocycles. The first-order valence-electron chi connectivity index (χ1n) is 9.15. The van der Waals surface area contributed by atoms with Crippen LogP contribution in [0, 0.1) is 26.1 Å². The second-order valence-corrected chi connectivity index (χ2v) is 7.32. The molecular weight excluding hydrogens is 360 g/mol. The zero-order valence-corrected chi connectivity index (χ0v) is 15.8. The van der Waals surface area contributed by atoms with Gasteiger partial charge in [-0.05, 0) is 30.4 Å².